The molecule has 112 valence electrons. The first-order valence-electron chi connectivity index (χ1n) is 7.72. The Morgan fingerprint density at radius 3 is 2.95 bits per heavy atom. The largest absolute Gasteiger partial charge is 0.372 e. The van der Waals surface area contributed by atoms with Gasteiger partial charge in [-0.2, -0.15) is 0 Å². The van der Waals surface area contributed by atoms with Gasteiger partial charge in [0.2, 0.25) is 0 Å². The first kappa shape index (κ1) is 14.5. The maximum atomic E-state index is 6.28. The molecule has 3 rings (SSSR count). The molecule has 0 N–H and O–H groups in total. The van der Waals surface area contributed by atoms with Crippen LogP contribution in [0.3, 0.4) is 0 Å². The van der Waals surface area contributed by atoms with Crippen LogP contribution in [0.15, 0.2) is 17.5 Å². The third-order valence-electron chi connectivity index (χ3n) is 4.72. The van der Waals surface area contributed by atoms with Gasteiger partial charge in [-0.1, -0.05) is 6.07 Å². The van der Waals surface area contributed by atoms with E-state index in [2.05, 4.69) is 48.2 Å². The third kappa shape index (κ3) is 3.25. The molecule has 2 aliphatic rings. The molecular weight excluding hydrogens is 268 g/mol. The highest BCUT2D eigenvalue weighted by Crippen LogP contribution is 2.34. The minimum Gasteiger partial charge on any atom is -0.372 e. The van der Waals surface area contributed by atoms with Crippen molar-refractivity contribution < 1.29 is 4.74 Å². The fourth-order valence-corrected chi connectivity index (χ4v) is 4.10. The second-order valence-electron chi connectivity index (χ2n) is 6.60. The van der Waals surface area contributed by atoms with E-state index in [-0.39, 0.29) is 0 Å². The monoisotopic (exact) mass is 294 g/mol. The molecule has 0 saturated carbocycles. The van der Waals surface area contributed by atoms with Crippen LogP contribution >= 0.6 is 11.3 Å². The Bertz CT molecular complexity index is 406. The summed E-state index contributed by atoms with van der Waals surface area (Å²) in [6.07, 6.45) is 2.16. The van der Waals surface area contributed by atoms with E-state index in [0.717, 1.165) is 25.6 Å². The summed E-state index contributed by atoms with van der Waals surface area (Å²) in [7, 11) is 2.20. The summed E-state index contributed by atoms with van der Waals surface area (Å²) in [4.78, 5) is 6.43. The van der Waals surface area contributed by atoms with Crippen LogP contribution in [0.25, 0.3) is 0 Å². The zero-order valence-corrected chi connectivity index (χ0v) is 13.6. The average Bonchev–Trinajstić information content (AvgIpc) is 3.05. The van der Waals surface area contributed by atoms with Gasteiger partial charge in [0, 0.05) is 43.0 Å². The third-order valence-corrected chi connectivity index (χ3v) is 5.58. The van der Waals surface area contributed by atoms with E-state index in [9.17, 15) is 0 Å². The topological polar surface area (TPSA) is 15.7 Å². The molecule has 0 aromatic carbocycles. The van der Waals surface area contributed by atoms with Gasteiger partial charge < -0.3 is 9.64 Å². The first-order valence-corrected chi connectivity index (χ1v) is 8.60. The molecule has 0 unspecified atom stereocenters. The Balaban J connectivity index is 1.47. The standard InChI is InChI=1S/C16H26N2OS/c1-12(2)17(3)9-14-7-13-8-18(11-16(13)19-14)10-15-5-4-6-20-15/h4-6,12-14,16H,7-11H2,1-3H3/t13-,14-,16+/m0/s1. The number of thiophene rings is 1. The average molecular weight is 294 g/mol. The summed E-state index contributed by atoms with van der Waals surface area (Å²) in [5.74, 6) is 0.750. The molecule has 0 bridgehead atoms. The Labute approximate surface area is 126 Å². The van der Waals surface area contributed by atoms with Crippen molar-refractivity contribution in [2.24, 2.45) is 5.92 Å². The van der Waals surface area contributed by atoms with Gasteiger partial charge >= 0.3 is 0 Å². The summed E-state index contributed by atoms with van der Waals surface area (Å²) < 4.78 is 6.28. The predicted molar refractivity (Wildman–Crippen MR) is 84.1 cm³/mol. The lowest BCUT2D eigenvalue weighted by Gasteiger charge is -2.25. The van der Waals surface area contributed by atoms with Gasteiger partial charge in [0.05, 0.1) is 12.2 Å². The van der Waals surface area contributed by atoms with E-state index < -0.39 is 0 Å². The van der Waals surface area contributed by atoms with Crippen LogP contribution in [-0.4, -0.2) is 54.7 Å². The van der Waals surface area contributed by atoms with E-state index in [1.54, 1.807) is 0 Å². The molecule has 3 nitrogen and oxygen atoms in total. The first-order chi connectivity index (χ1) is 9.61. The number of rotatable bonds is 5. The van der Waals surface area contributed by atoms with Crippen molar-refractivity contribution in [3.63, 3.8) is 0 Å². The Hall–Kier alpha value is -0.420. The van der Waals surface area contributed by atoms with Crippen LogP contribution in [0.4, 0.5) is 0 Å². The molecule has 20 heavy (non-hydrogen) atoms. The van der Waals surface area contributed by atoms with Gasteiger partial charge in [0.1, 0.15) is 0 Å². The van der Waals surface area contributed by atoms with Crippen molar-refractivity contribution in [3.05, 3.63) is 22.4 Å². The zero-order chi connectivity index (χ0) is 14.1. The maximum absolute atomic E-state index is 6.28. The van der Waals surface area contributed by atoms with Gasteiger partial charge in [-0.3, -0.25) is 4.90 Å². The lowest BCUT2D eigenvalue weighted by Crippen LogP contribution is -2.35. The van der Waals surface area contributed by atoms with Gasteiger partial charge in [-0.15, -0.1) is 11.3 Å². The second kappa shape index (κ2) is 6.14. The second-order valence-corrected chi connectivity index (χ2v) is 7.63. The number of fused-ring (bicyclic) bond motifs is 1. The molecule has 0 amide bonds. The molecule has 0 radical (unpaired) electrons. The van der Waals surface area contributed by atoms with E-state index in [1.807, 2.05) is 11.3 Å². The van der Waals surface area contributed by atoms with E-state index in [4.69, 9.17) is 4.74 Å². The summed E-state index contributed by atoms with van der Waals surface area (Å²) in [5.41, 5.74) is 0. The van der Waals surface area contributed by atoms with Gasteiger partial charge in [0.15, 0.2) is 0 Å². The smallest absolute Gasteiger partial charge is 0.0747 e. The number of nitrogens with zero attached hydrogens (tertiary/aromatic N) is 2. The molecular formula is C16H26N2OS. The van der Waals surface area contributed by atoms with Crippen LogP contribution in [0.5, 0.6) is 0 Å². The highest BCUT2D eigenvalue weighted by Gasteiger charge is 2.42. The Kier molecular flexibility index (Phi) is 4.46. The van der Waals surface area contributed by atoms with Gasteiger partial charge in [-0.25, -0.2) is 0 Å². The minimum absolute atomic E-state index is 0.446. The highest BCUT2D eigenvalue weighted by atomic mass is 32.1. The van der Waals surface area contributed by atoms with Gasteiger partial charge in [-0.05, 0) is 38.8 Å². The van der Waals surface area contributed by atoms with Crippen LogP contribution in [0.1, 0.15) is 25.1 Å². The molecule has 2 fully saturated rings. The quantitative estimate of drug-likeness (QED) is 0.830. The number of likely N-dealkylation sites (tertiary alicyclic amines) is 1. The molecule has 1 aromatic heterocycles. The summed E-state index contributed by atoms with van der Waals surface area (Å²) in [5, 5.41) is 2.17. The number of hydrogen-bond donors (Lipinski definition) is 0. The molecule has 1 aromatic rings. The van der Waals surface area contributed by atoms with Crippen LogP contribution in [-0.2, 0) is 11.3 Å². The van der Waals surface area contributed by atoms with Crippen molar-refractivity contribution in [2.75, 3.05) is 26.7 Å². The predicted octanol–water partition coefficient (Wildman–Crippen LogP) is 2.68. The number of likely N-dealkylation sites (N-methyl/N-ethyl adjacent to an activating group) is 1. The molecule has 0 aliphatic carbocycles. The fraction of sp³-hybridized carbons (Fsp3) is 0.750. The van der Waals surface area contributed by atoms with Crippen molar-refractivity contribution in [1.29, 1.82) is 0 Å². The van der Waals surface area contributed by atoms with Crippen LogP contribution in [0, 0.1) is 5.92 Å². The van der Waals surface area contributed by atoms with Gasteiger partial charge in [0.25, 0.3) is 0 Å². The van der Waals surface area contributed by atoms with Crippen molar-refractivity contribution >= 4 is 11.3 Å². The van der Waals surface area contributed by atoms with Crippen molar-refractivity contribution in [1.82, 2.24) is 9.80 Å². The summed E-state index contributed by atoms with van der Waals surface area (Å²) in [6.45, 7) is 9.01. The highest BCUT2D eigenvalue weighted by molar-refractivity contribution is 7.09. The minimum atomic E-state index is 0.446. The van der Waals surface area contributed by atoms with E-state index >= 15 is 0 Å². The molecule has 0 spiro atoms. The SMILES string of the molecule is CC(C)N(C)C[C@@H]1C[C@H]2CN(Cc3cccs3)C[C@H]2O1. The summed E-state index contributed by atoms with van der Waals surface area (Å²) in [6, 6.07) is 4.99. The fourth-order valence-electron chi connectivity index (χ4n) is 3.35. The van der Waals surface area contributed by atoms with Crippen molar-refractivity contribution in [3.8, 4) is 0 Å². The number of ether oxygens (including phenoxy) is 1. The number of hydrogen-bond acceptors (Lipinski definition) is 4. The molecule has 3 heterocycles. The normalized spacial score (nSPS) is 30.6. The molecule has 2 saturated heterocycles. The Morgan fingerprint density at radius 2 is 2.30 bits per heavy atom. The molecule has 4 heteroatoms. The van der Waals surface area contributed by atoms with Crippen LogP contribution < -0.4 is 0 Å². The summed E-state index contributed by atoms with van der Waals surface area (Å²) >= 11 is 1.86. The molecule has 3 atom stereocenters. The van der Waals surface area contributed by atoms with E-state index in [0.29, 0.717) is 18.2 Å². The maximum Gasteiger partial charge on any atom is 0.0747 e. The lowest BCUT2D eigenvalue weighted by atomic mass is 10.0. The van der Waals surface area contributed by atoms with Crippen molar-refractivity contribution in [2.45, 2.75) is 45.1 Å². The Morgan fingerprint density at radius 1 is 1.45 bits per heavy atom. The van der Waals surface area contributed by atoms with Crippen LogP contribution in [0.2, 0.25) is 0 Å². The lowest BCUT2D eigenvalue weighted by molar-refractivity contribution is 0.0171. The molecule has 2 aliphatic heterocycles. The van der Waals surface area contributed by atoms with E-state index in [1.165, 1.54) is 17.8 Å². The zero-order valence-electron chi connectivity index (χ0n) is 12.8.